The number of sulfonamides is 1. The second kappa shape index (κ2) is 6.26. The van der Waals surface area contributed by atoms with Crippen molar-refractivity contribution in [3.05, 3.63) is 42.0 Å². The van der Waals surface area contributed by atoms with E-state index in [1.165, 1.54) is 4.63 Å². The topological polar surface area (TPSA) is 114 Å². The van der Waals surface area contributed by atoms with Gasteiger partial charge in [0.05, 0.1) is 4.90 Å². The van der Waals surface area contributed by atoms with Crippen LogP contribution >= 0.6 is 0 Å². The fourth-order valence-corrected chi connectivity index (χ4v) is 2.95. The first kappa shape index (κ1) is 15.3. The molecule has 2 heterocycles. The summed E-state index contributed by atoms with van der Waals surface area (Å²) in [4.78, 5) is 0.247. The van der Waals surface area contributed by atoms with E-state index in [1.807, 2.05) is 6.92 Å². The summed E-state index contributed by atoms with van der Waals surface area (Å²) >= 11 is 0. The molecule has 0 atom stereocenters. The molecule has 10 heteroatoms. The van der Waals surface area contributed by atoms with Crippen LogP contribution in [-0.2, 0) is 10.0 Å². The molecule has 0 aliphatic rings. The summed E-state index contributed by atoms with van der Waals surface area (Å²) in [5.74, 6) is 0.555. The molecule has 0 amide bonds. The van der Waals surface area contributed by atoms with Crippen LogP contribution in [0.4, 0.5) is 5.82 Å². The Morgan fingerprint density at radius 1 is 1.09 bits per heavy atom. The van der Waals surface area contributed by atoms with Gasteiger partial charge in [0.1, 0.15) is 5.82 Å². The Morgan fingerprint density at radius 2 is 1.87 bits per heavy atom. The van der Waals surface area contributed by atoms with Crippen molar-refractivity contribution in [1.82, 2.24) is 30.0 Å². The molecule has 3 aromatic rings. The van der Waals surface area contributed by atoms with Crippen LogP contribution in [0.25, 0.3) is 5.65 Å². The highest BCUT2D eigenvalue weighted by Crippen LogP contribution is 2.09. The Hall–Kier alpha value is -2.59. The van der Waals surface area contributed by atoms with Gasteiger partial charge in [-0.25, -0.2) is 13.1 Å². The zero-order valence-corrected chi connectivity index (χ0v) is 13.2. The van der Waals surface area contributed by atoms with Gasteiger partial charge in [0.15, 0.2) is 5.65 Å². The number of hydrogen-bond acceptors (Lipinski definition) is 7. The number of aromatic nitrogens is 5. The van der Waals surface area contributed by atoms with Gasteiger partial charge in [-0.3, -0.25) is 0 Å². The second-order valence-electron chi connectivity index (χ2n) is 4.88. The third-order valence-electron chi connectivity index (χ3n) is 3.12. The molecule has 0 radical (unpaired) electrons. The zero-order chi connectivity index (χ0) is 16.3. The van der Waals surface area contributed by atoms with Crippen molar-refractivity contribution in [3.8, 4) is 0 Å². The summed E-state index contributed by atoms with van der Waals surface area (Å²) in [6.45, 7) is 2.51. The molecular weight excluding hydrogens is 318 g/mol. The first-order valence-corrected chi connectivity index (χ1v) is 8.38. The van der Waals surface area contributed by atoms with Gasteiger partial charge in [0, 0.05) is 13.1 Å². The quantitative estimate of drug-likeness (QED) is 0.620. The summed E-state index contributed by atoms with van der Waals surface area (Å²) in [7, 11) is -3.51. The molecule has 3 rings (SSSR count). The van der Waals surface area contributed by atoms with Crippen molar-refractivity contribution in [1.29, 1.82) is 0 Å². The highest BCUT2D eigenvalue weighted by Gasteiger charge is 2.12. The van der Waals surface area contributed by atoms with Gasteiger partial charge in [-0.2, -0.15) is 0 Å². The predicted octanol–water partition coefficient (Wildman–Crippen LogP) is 0.218. The third kappa shape index (κ3) is 3.60. The van der Waals surface area contributed by atoms with E-state index in [-0.39, 0.29) is 11.4 Å². The van der Waals surface area contributed by atoms with Gasteiger partial charge < -0.3 is 5.32 Å². The normalized spacial score (nSPS) is 11.7. The van der Waals surface area contributed by atoms with Crippen molar-refractivity contribution >= 4 is 21.5 Å². The standard InChI is InChI=1S/C13H15N7O2S/c1-10-2-4-11(5-3-10)23(21,22)15-9-8-14-12-6-7-13-16-18-19-20(13)17-12/h2-7,15H,8-9H2,1H3,(H,14,17). The minimum atomic E-state index is -3.51. The largest absolute Gasteiger partial charge is 0.367 e. The molecule has 0 bridgehead atoms. The number of tetrazole rings is 1. The molecule has 9 nitrogen and oxygen atoms in total. The highest BCUT2D eigenvalue weighted by molar-refractivity contribution is 7.89. The summed E-state index contributed by atoms with van der Waals surface area (Å²) < 4.78 is 28.0. The van der Waals surface area contributed by atoms with Gasteiger partial charge in [0.2, 0.25) is 10.0 Å². The average Bonchev–Trinajstić information content (AvgIpc) is 3.00. The maximum absolute atomic E-state index is 12.1. The Kier molecular flexibility index (Phi) is 4.17. The second-order valence-corrected chi connectivity index (χ2v) is 6.65. The molecule has 120 valence electrons. The average molecular weight is 333 g/mol. The fraction of sp³-hybridized carbons (Fsp3) is 0.231. The van der Waals surface area contributed by atoms with Crippen LogP contribution in [0, 0.1) is 6.92 Å². The molecule has 2 aromatic heterocycles. The number of benzene rings is 1. The summed E-state index contributed by atoms with van der Waals surface area (Å²) in [5.41, 5.74) is 1.55. The number of aryl methyl sites for hydroxylation is 1. The Balaban J connectivity index is 1.55. The van der Waals surface area contributed by atoms with Crippen molar-refractivity contribution in [2.24, 2.45) is 0 Å². The predicted molar refractivity (Wildman–Crippen MR) is 83.4 cm³/mol. The summed E-state index contributed by atoms with van der Waals surface area (Å²) in [5, 5.41) is 18.1. The summed E-state index contributed by atoms with van der Waals surface area (Å²) in [6.07, 6.45) is 0. The molecule has 0 aliphatic heterocycles. The van der Waals surface area contributed by atoms with E-state index in [4.69, 9.17) is 0 Å². The zero-order valence-electron chi connectivity index (χ0n) is 12.3. The van der Waals surface area contributed by atoms with E-state index < -0.39 is 10.0 Å². The Labute approximate surface area is 132 Å². The molecule has 0 fully saturated rings. The molecule has 0 spiro atoms. The Bertz CT molecular complexity index is 905. The van der Waals surface area contributed by atoms with Crippen LogP contribution in [0.5, 0.6) is 0 Å². The van der Waals surface area contributed by atoms with Crippen molar-refractivity contribution in [2.45, 2.75) is 11.8 Å². The number of fused-ring (bicyclic) bond motifs is 1. The number of nitrogens with zero attached hydrogens (tertiary/aromatic N) is 5. The fourth-order valence-electron chi connectivity index (χ4n) is 1.92. The van der Waals surface area contributed by atoms with Crippen molar-refractivity contribution in [2.75, 3.05) is 18.4 Å². The molecular formula is C13H15N7O2S. The van der Waals surface area contributed by atoms with Crippen molar-refractivity contribution in [3.63, 3.8) is 0 Å². The van der Waals surface area contributed by atoms with Crippen LogP contribution in [0.2, 0.25) is 0 Å². The monoisotopic (exact) mass is 333 g/mol. The third-order valence-corrected chi connectivity index (χ3v) is 4.60. The number of anilines is 1. The summed E-state index contributed by atoms with van der Waals surface area (Å²) in [6, 6.07) is 10.1. The van der Waals surface area contributed by atoms with Crippen LogP contribution in [-0.4, -0.2) is 46.8 Å². The van der Waals surface area contributed by atoms with Crippen LogP contribution < -0.4 is 10.0 Å². The van der Waals surface area contributed by atoms with Crippen molar-refractivity contribution < 1.29 is 8.42 Å². The molecule has 1 aromatic carbocycles. The van der Waals surface area contributed by atoms with E-state index in [2.05, 4.69) is 30.7 Å². The van der Waals surface area contributed by atoms with Gasteiger partial charge in [-0.05, 0) is 41.6 Å². The van der Waals surface area contributed by atoms with Gasteiger partial charge >= 0.3 is 0 Å². The Morgan fingerprint density at radius 3 is 2.65 bits per heavy atom. The molecule has 0 aliphatic carbocycles. The van der Waals surface area contributed by atoms with Crippen LogP contribution in [0.3, 0.4) is 0 Å². The minimum absolute atomic E-state index is 0.228. The van der Waals surface area contributed by atoms with Gasteiger partial charge in [-0.15, -0.1) is 14.8 Å². The van der Waals surface area contributed by atoms with Gasteiger partial charge in [0.25, 0.3) is 0 Å². The van der Waals surface area contributed by atoms with Crippen LogP contribution in [0.15, 0.2) is 41.3 Å². The molecule has 23 heavy (non-hydrogen) atoms. The van der Waals surface area contributed by atoms with E-state index >= 15 is 0 Å². The smallest absolute Gasteiger partial charge is 0.240 e. The number of rotatable bonds is 6. The minimum Gasteiger partial charge on any atom is -0.367 e. The highest BCUT2D eigenvalue weighted by atomic mass is 32.2. The number of hydrogen-bond donors (Lipinski definition) is 2. The number of nitrogens with one attached hydrogen (secondary N) is 2. The first-order valence-electron chi connectivity index (χ1n) is 6.90. The van der Waals surface area contributed by atoms with E-state index in [0.717, 1.165) is 5.56 Å². The van der Waals surface area contributed by atoms with E-state index in [0.29, 0.717) is 18.0 Å². The lowest BCUT2D eigenvalue weighted by Gasteiger charge is -2.08. The SMILES string of the molecule is Cc1ccc(S(=O)(=O)NCCNc2ccc3nnnn3n2)cc1. The molecule has 2 N–H and O–H groups in total. The molecule has 0 saturated carbocycles. The van der Waals surface area contributed by atoms with E-state index in [9.17, 15) is 8.42 Å². The van der Waals surface area contributed by atoms with Crippen LogP contribution in [0.1, 0.15) is 5.56 Å². The first-order chi connectivity index (χ1) is 11.0. The lowest BCUT2D eigenvalue weighted by molar-refractivity contribution is 0.583. The van der Waals surface area contributed by atoms with Gasteiger partial charge in [-0.1, -0.05) is 17.7 Å². The maximum Gasteiger partial charge on any atom is 0.240 e. The molecule has 0 saturated heterocycles. The molecule has 0 unspecified atom stereocenters. The maximum atomic E-state index is 12.1. The lowest BCUT2D eigenvalue weighted by Crippen LogP contribution is -2.29. The lowest BCUT2D eigenvalue weighted by atomic mass is 10.2. The van der Waals surface area contributed by atoms with E-state index in [1.54, 1.807) is 36.4 Å².